The van der Waals surface area contributed by atoms with E-state index < -0.39 is 4.92 Å². The number of ether oxygens (including phenoxy) is 1. The summed E-state index contributed by atoms with van der Waals surface area (Å²) >= 11 is 0. The number of fused-ring (bicyclic) bond motifs is 1. The van der Waals surface area contributed by atoms with Crippen molar-refractivity contribution in [3.05, 3.63) is 74.3 Å². The third-order valence-corrected chi connectivity index (χ3v) is 4.01. The summed E-state index contributed by atoms with van der Waals surface area (Å²) in [5.41, 5.74) is 2.05. The number of nitro benzene ring substituents is 1. The van der Waals surface area contributed by atoms with Crippen LogP contribution < -0.4 is 10.3 Å². The molecule has 0 N–H and O–H groups in total. The largest absolute Gasteiger partial charge is 0.491 e. The van der Waals surface area contributed by atoms with Gasteiger partial charge >= 0.3 is 0 Å². The van der Waals surface area contributed by atoms with Gasteiger partial charge in [-0.1, -0.05) is 18.2 Å². The Balaban J connectivity index is 1.80. The monoisotopic (exact) mass is 339 g/mol. The maximum atomic E-state index is 12.5. The predicted molar refractivity (Wildman–Crippen MR) is 94.1 cm³/mol. The fourth-order valence-electron chi connectivity index (χ4n) is 2.69. The third kappa shape index (κ3) is 3.35. The van der Waals surface area contributed by atoms with Crippen LogP contribution in [0.25, 0.3) is 10.9 Å². The molecular formula is C18H17N3O4. The summed E-state index contributed by atoms with van der Waals surface area (Å²) < 4.78 is 7.26. The second kappa shape index (κ2) is 6.72. The molecule has 0 amide bonds. The molecule has 0 fully saturated rings. The molecule has 0 atom stereocenters. The molecule has 25 heavy (non-hydrogen) atoms. The molecule has 0 saturated carbocycles. The summed E-state index contributed by atoms with van der Waals surface area (Å²) in [6.07, 6.45) is 1.39. The van der Waals surface area contributed by atoms with Crippen LogP contribution in [0.4, 0.5) is 5.69 Å². The van der Waals surface area contributed by atoms with E-state index in [0.29, 0.717) is 24.1 Å². The molecule has 1 heterocycles. The minimum absolute atomic E-state index is 0.0875. The van der Waals surface area contributed by atoms with E-state index in [-0.39, 0.29) is 11.2 Å². The van der Waals surface area contributed by atoms with Crippen molar-refractivity contribution in [2.75, 3.05) is 6.61 Å². The van der Waals surface area contributed by atoms with Gasteiger partial charge in [0, 0.05) is 12.1 Å². The average Bonchev–Trinajstić information content (AvgIpc) is 2.59. The van der Waals surface area contributed by atoms with Crippen LogP contribution in [-0.2, 0) is 6.54 Å². The molecule has 0 radical (unpaired) electrons. The fraction of sp³-hybridized carbons (Fsp3) is 0.222. The summed E-state index contributed by atoms with van der Waals surface area (Å²) in [5, 5.41) is 11.2. The van der Waals surface area contributed by atoms with Gasteiger partial charge in [0.2, 0.25) is 0 Å². The van der Waals surface area contributed by atoms with Gasteiger partial charge in [-0.15, -0.1) is 0 Å². The number of benzene rings is 2. The molecule has 0 spiro atoms. The molecule has 1 aromatic heterocycles. The van der Waals surface area contributed by atoms with Crippen LogP contribution >= 0.6 is 0 Å². The first kappa shape index (κ1) is 16.6. The normalized spacial score (nSPS) is 10.8. The van der Waals surface area contributed by atoms with E-state index in [0.717, 1.165) is 16.9 Å². The molecule has 0 aliphatic carbocycles. The molecule has 0 bridgehead atoms. The Labute approximate surface area is 143 Å². The molecule has 2 aromatic carbocycles. The third-order valence-electron chi connectivity index (χ3n) is 4.01. The van der Waals surface area contributed by atoms with Crippen LogP contribution in [0.5, 0.6) is 5.75 Å². The van der Waals surface area contributed by atoms with Crippen LogP contribution in [0, 0.1) is 24.0 Å². The number of aromatic nitrogens is 2. The van der Waals surface area contributed by atoms with Crippen molar-refractivity contribution >= 4 is 16.6 Å². The van der Waals surface area contributed by atoms with Crippen LogP contribution in [0.2, 0.25) is 0 Å². The van der Waals surface area contributed by atoms with Crippen molar-refractivity contribution in [1.82, 2.24) is 9.55 Å². The zero-order valence-electron chi connectivity index (χ0n) is 13.9. The molecule has 3 rings (SSSR count). The Morgan fingerprint density at radius 1 is 1.20 bits per heavy atom. The average molecular weight is 339 g/mol. The lowest BCUT2D eigenvalue weighted by Gasteiger charge is -2.12. The first-order chi connectivity index (χ1) is 12.0. The van der Waals surface area contributed by atoms with Gasteiger partial charge < -0.3 is 4.74 Å². The molecular weight excluding hydrogens is 322 g/mol. The molecule has 7 heteroatoms. The second-order valence-corrected chi connectivity index (χ2v) is 5.77. The molecule has 7 nitrogen and oxygen atoms in total. The van der Waals surface area contributed by atoms with Gasteiger partial charge in [-0.3, -0.25) is 19.5 Å². The van der Waals surface area contributed by atoms with Crippen LogP contribution in [-0.4, -0.2) is 21.1 Å². The van der Waals surface area contributed by atoms with Crippen molar-refractivity contribution in [2.45, 2.75) is 20.4 Å². The van der Waals surface area contributed by atoms with Crippen LogP contribution in [0.3, 0.4) is 0 Å². The molecule has 0 unspecified atom stereocenters. The number of hydrogen-bond acceptors (Lipinski definition) is 5. The van der Waals surface area contributed by atoms with E-state index in [1.807, 2.05) is 32.0 Å². The number of nitrogens with zero attached hydrogens (tertiary/aromatic N) is 3. The van der Waals surface area contributed by atoms with E-state index >= 15 is 0 Å². The Bertz CT molecular complexity index is 991. The summed E-state index contributed by atoms with van der Waals surface area (Å²) in [7, 11) is 0. The Morgan fingerprint density at radius 3 is 2.60 bits per heavy atom. The minimum atomic E-state index is -0.509. The van der Waals surface area contributed by atoms with Gasteiger partial charge in [0.15, 0.2) is 0 Å². The zero-order chi connectivity index (χ0) is 18.0. The highest BCUT2D eigenvalue weighted by molar-refractivity contribution is 5.79. The standard InChI is InChI=1S/C18H17N3O4/c1-12-4-3-5-13(2)17(12)25-9-8-20-11-19-16-10-14(21(23)24)6-7-15(16)18(20)22/h3-7,10-11H,8-9H2,1-2H3. The lowest BCUT2D eigenvalue weighted by atomic mass is 10.1. The van der Waals surface area contributed by atoms with Gasteiger partial charge in [0.1, 0.15) is 12.4 Å². The number of rotatable bonds is 5. The maximum absolute atomic E-state index is 12.5. The van der Waals surface area contributed by atoms with E-state index in [1.165, 1.54) is 29.1 Å². The van der Waals surface area contributed by atoms with Crippen LogP contribution in [0.15, 0.2) is 47.5 Å². The van der Waals surface area contributed by atoms with E-state index in [9.17, 15) is 14.9 Å². The zero-order valence-corrected chi connectivity index (χ0v) is 13.9. The summed E-state index contributed by atoms with van der Waals surface area (Å²) in [4.78, 5) is 26.9. The van der Waals surface area contributed by atoms with E-state index in [1.54, 1.807) is 0 Å². The highest BCUT2D eigenvalue weighted by Gasteiger charge is 2.11. The number of aryl methyl sites for hydroxylation is 2. The number of hydrogen-bond donors (Lipinski definition) is 0. The molecule has 3 aromatic rings. The lowest BCUT2D eigenvalue weighted by Crippen LogP contribution is -2.23. The molecule has 0 aliphatic heterocycles. The smallest absolute Gasteiger partial charge is 0.271 e. The molecule has 128 valence electrons. The Hall–Kier alpha value is -3.22. The number of non-ortho nitro benzene ring substituents is 1. The van der Waals surface area contributed by atoms with Gasteiger partial charge in [0.25, 0.3) is 11.2 Å². The predicted octanol–water partition coefficient (Wildman–Crippen LogP) is 3.00. The highest BCUT2D eigenvalue weighted by atomic mass is 16.6. The fourth-order valence-corrected chi connectivity index (χ4v) is 2.69. The van der Waals surface area contributed by atoms with Gasteiger partial charge in [-0.25, -0.2) is 4.98 Å². The topological polar surface area (TPSA) is 87.3 Å². The minimum Gasteiger partial charge on any atom is -0.491 e. The molecule has 0 aliphatic rings. The van der Waals surface area contributed by atoms with E-state index in [2.05, 4.69) is 4.98 Å². The maximum Gasteiger partial charge on any atom is 0.271 e. The van der Waals surface area contributed by atoms with Crippen molar-refractivity contribution in [1.29, 1.82) is 0 Å². The van der Waals surface area contributed by atoms with Crippen molar-refractivity contribution < 1.29 is 9.66 Å². The highest BCUT2D eigenvalue weighted by Crippen LogP contribution is 2.22. The lowest BCUT2D eigenvalue weighted by molar-refractivity contribution is -0.384. The Kier molecular flexibility index (Phi) is 4.47. The van der Waals surface area contributed by atoms with Gasteiger partial charge in [-0.2, -0.15) is 0 Å². The summed E-state index contributed by atoms with van der Waals surface area (Å²) in [6.45, 7) is 4.61. The Morgan fingerprint density at radius 2 is 1.92 bits per heavy atom. The summed E-state index contributed by atoms with van der Waals surface area (Å²) in [5.74, 6) is 0.819. The SMILES string of the molecule is Cc1cccc(C)c1OCCn1cnc2cc([N+](=O)[O-])ccc2c1=O. The molecule has 0 saturated heterocycles. The number of para-hydroxylation sites is 1. The first-order valence-electron chi connectivity index (χ1n) is 7.80. The van der Waals surface area contributed by atoms with Crippen molar-refractivity contribution in [3.8, 4) is 5.75 Å². The quantitative estimate of drug-likeness (QED) is 0.527. The second-order valence-electron chi connectivity index (χ2n) is 5.77. The van der Waals surface area contributed by atoms with Gasteiger partial charge in [-0.05, 0) is 31.0 Å². The van der Waals surface area contributed by atoms with Gasteiger partial charge in [0.05, 0.1) is 28.7 Å². The number of nitro groups is 1. The van der Waals surface area contributed by atoms with E-state index in [4.69, 9.17) is 4.74 Å². The van der Waals surface area contributed by atoms with Crippen molar-refractivity contribution in [2.24, 2.45) is 0 Å². The first-order valence-corrected chi connectivity index (χ1v) is 7.80. The van der Waals surface area contributed by atoms with Crippen molar-refractivity contribution in [3.63, 3.8) is 0 Å². The van der Waals surface area contributed by atoms with Crippen LogP contribution in [0.1, 0.15) is 11.1 Å². The summed E-state index contributed by atoms with van der Waals surface area (Å²) in [6, 6.07) is 9.95.